The number of carbonyl (C=O) groups excluding carboxylic acids is 2. The number of anilines is 1. The number of amides is 2. The molecule has 0 radical (unpaired) electrons. The van der Waals surface area contributed by atoms with Gasteiger partial charge in [-0.25, -0.2) is 8.42 Å². The maximum absolute atomic E-state index is 13.5. The number of benzene rings is 2. The molecule has 11 heteroatoms. The van der Waals surface area contributed by atoms with Crippen LogP contribution in [0.3, 0.4) is 0 Å². The van der Waals surface area contributed by atoms with E-state index < -0.39 is 28.5 Å². The maximum atomic E-state index is 13.5. The molecule has 2 amide bonds. The average Bonchev–Trinajstić information content (AvgIpc) is 2.76. The lowest BCUT2D eigenvalue weighted by molar-refractivity contribution is -0.139. The van der Waals surface area contributed by atoms with Crippen LogP contribution in [0.5, 0.6) is 0 Å². The summed E-state index contributed by atoms with van der Waals surface area (Å²) in [6.07, 6.45) is 1.74. The molecule has 0 aliphatic heterocycles. The molecule has 2 rings (SSSR count). The summed E-state index contributed by atoms with van der Waals surface area (Å²) in [7, 11) is -3.80. The Morgan fingerprint density at radius 3 is 2.12 bits per heavy atom. The van der Waals surface area contributed by atoms with Gasteiger partial charge in [0.1, 0.15) is 12.6 Å². The van der Waals surface area contributed by atoms with Gasteiger partial charge in [0.2, 0.25) is 21.8 Å². The summed E-state index contributed by atoms with van der Waals surface area (Å²) < 4.78 is 26.9. The molecule has 0 saturated heterocycles. The normalized spacial score (nSPS) is 13.1. The molecule has 0 unspecified atom stereocenters. The highest BCUT2D eigenvalue weighted by Crippen LogP contribution is 2.27. The van der Waals surface area contributed by atoms with Gasteiger partial charge >= 0.3 is 0 Å². The Labute approximate surface area is 219 Å². The first-order valence-electron chi connectivity index (χ1n) is 10.6. The first-order chi connectivity index (χ1) is 15.8. The van der Waals surface area contributed by atoms with Crippen LogP contribution in [0.15, 0.2) is 46.9 Å². The molecule has 0 saturated carbocycles. The number of nitrogens with one attached hydrogen (secondary N) is 1. The zero-order valence-corrected chi connectivity index (χ0v) is 23.3. The summed E-state index contributed by atoms with van der Waals surface area (Å²) in [5.74, 6) is -0.934. The van der Waals surface area contributed by atoms with Gasteiger partial charge in [-0.3, -0.25) is 13.9 Å². The van der Waals surface area contributed by atoms with E-state index in [9.17, 15) is 18.0 Å². The molecule has 34 heavy (non-hydrogen) atoms. The van der Waals surface area contributed by atoms with E-state index >= 15 is 0 Å². The van der Waals surface area contributed by atoms with Crippen molar-refractivity contribution in [3.8, 4) is 0 Å². The number of sulfonamides is 1. The third-order valence-electron chi connectivity index (χ3n) is 5.35. The number of rotatable bonds is 10. The fourth-order valence-corrected chi connectivity index (χ4v) is 4.75. The lowest BCUT2D eigenvalue weighted by Crippen LogP contribution is -2.52. The van der Waals surface area contributed by atoms with Crippen LogP contribution in [0.1, 0.15) is 32.8 Å². The number of halogens is 3. The van der Waals surface area contributed by atoms with E-state index in [1.807, 2.05) is 13.8 Å². The van der Waals surface area contributed by atoms with E-state index in [1.165, 1.54) is 4.90 Å². The summed E-state index contributed by atoms with van der Waals surface area (Å²) in [5.41, 5.74) is 0.795. The Bertz CT molecular complexity index is 1110. The Kier molecular flexibility index (Phi) is 10.2. The van der Waals surface area contributed by atoms with Crippen LogP contribution in [0.25, 0.3) is 0 Å². The predicted molar refractivity (Wildman–Crippen MR) is 141 cm³/mol. The first kappa shape index (κ1) is 28.4. The smallest absolute Gasteiger partial charge is 0.244 e. The summed E-state index contributed by atoms with van der Waals surface area (Å²) in [6, 6.07) is 10.5. The standard InChI is InChI=1S/C23H28BrCl2N3O4S/c1-5-15(2)27-23(31)16(3)28(13-19-20(25)7-6-8-21(19)26)22(30)14-29(34(4,32)33)18-11-9-17(24)10-12-18/h6-12,15-16H,5,13-14H2,1-4H3,(H,27,31)/t15-,16-/m0/s1. The highest BCUT2D eigenvalue weighted by atomic mass is 79.9. The van der Waals surface area contributed by atoms with E-state index in [1.54, 1.807) is 49.4 Å². The Morgan fingerprint density at radius 2 is 1.62 bits per heavy atom. The van der Waals surface area contributed by atoms with E-state index in [4.69, 9.17) is 23.2 Å². The van der Waals surface area contributed by atoms with Gasteiger partial charge in [-0.1, -0.05) is 52.1 Å². The van der Waals surface area contributed by atoms with Gasteiger partial charge in [0.15, 0.2) is 0 Å². The van der Waals surface area contributed by atoms with Crippen molar-refractivity contribution in [1.82, 2.24) is 10.2 Å². The molecule has 2 aromatic carbocycles. The Balaban J connectivity index is 2.43. The van der Waals surface area contributed by atoms with Gasteiger partial charge in [0.05, 0.1) is 11.9 Å². The lowest BCUT2D eigenvalue weighted by atomic mass is 10.1. The molecule has 7 nitrogen and oxygen atoms in total. The molecule has 2 aromatic rings. The molecule has 0 aliphatic rings. The molecule has 0 aromatic heterocycles. The summed E-state index contributed by atoms with van der Waals surface area (Å²) in [4.78, 5) is 27.7. The van der Waals surface area contributed by atoms with Gasteiger partial charge in [0.25, 0.3) is 0 Å². The van der Waals surface area contributed by atoms with Crippen molar-refractivity contribution < 1.29 is 18.0 Å². The van der Waals surface area contributed by atoms with Crippen molar-refractivity contribution in [2.45, 2.75) is 45.8 Å². The largest absolute Gasteiger partial charge is 0.352 e. The molecule has 1 N–H and O–H groups in total. The van der Waals surface area contributed by atoms with Crippen molar-refractivity contribution in [3.63, 3.8) is 0 Å². The van der Waals surface area contributed by atoms with E-state index in [-0.39, 0.29) is 18.5 Å². The molecule has 0 bridgehead atoms. The van der Waals surface area contributed by atoms with Crippen molar-refractivity contribution in [3.05, 3.63) is 62.5 Å². The van der Waals surface area contributed by atoms with Crippen LogP contribution in [-0.2, 0) is 26.2 Å². The van der Waals surface area contributed by atoms with Crippen LogP contribution < -0.4 is 9.62 Å². The Morgan fingerprint density at radius 1 is 1.06 bits per heavy atom. The summed E-state index contributed by atoms with van der Waals surface area (Å²) in [5, 5.41) is 3.55. The number of hydrogen-bond donors (Lipinski definition) is 1. The quantitative estimate of drug-likeness (QED) is 0.427. The highest BCUT2D eigenvalue weighted by Gasteiger charge is 2.31. The number of hydrogen-bond acceptors (Lipinski definition) is 4. The number of nitrogens with zero attached hydrogens (tertiary/aromatic N) is 2. The van der Waals surface area contributed by atoms with Gasteiger partial charge in [0, 0.05) is 32.7 Å². The zero-order chi connectivity index (χ0) is 25.6. The minimum Gasteiger partial charge on any atom is -0.352 e. The average molecular weight is 593 g/mol. The van der Waals surface area contributed by atoms with Gasteiger partial charge in [-0.15, -0.1) is 0 Å². The van der Waals surface area contributed by atoms with Crippen LogP contribution in [-0.4, -0.2) is 50.0 Å². The topological polar surface area (TPSA) is 86.8 Å². The lowest BCUT2D eigenvalue weighted by Gasteiger charge is -2.32. The van der Waals surface area contributed by atoms with Gasteiger partial charge in [-0.05, 0) is 56.7 Å². The maximum Gasteiger partial charge on any atom is 0.244 e. The van der Waals surface area contributed by atoms with E-state index in [0.29, 0.717) is 27.7 Å². The fourth-order valence-electron chi connectivity index (χ4n) is 3.12. The highest BCUT2D eigenvalue weighted by molar-refractivity contribution is 9.10. The van der Waals surface area contributed by atoms with Crippen molar-refractivity contribution in [1.29, 1.82) is 0 Å². The monoisotopic (exact) mass is 591 g/mol. The number of carbonyl (C=O) groups is 2. The molecular formula is C23H28BrCl2N3O4S. The van der Waals surface area contributed by atoms with E-state index in [0.717, 1.165) is 15.0 Å². The molecule has 0 fully saturated rings. The SMILES string of the molecule is CC[C@H](C)NC(=O)[C@H](C)N(Cc1c(Cl)cccc1Cl)C(=O)CN(c1ccc(Br)cc1)S(C)(=O)=O. The van der Waals surface area contributed by atoms with Gasteiger partial charge in [-0.2, -0.15) is 0 Å². The third kappa shape index (κ3) is 7.60. The van der Waals surface area contributed by atoms with E-state index in [2.05, 4.69) is 21.2 Å². The predicted octanol–water partition coefficient (Wildman–Crippen LogP) is 4.85. The van der Waals surface area contributed by atoms with Crippen LogP contribution in [0, 0.1) is 0 Å². The van der Waals surface area contributed by atoms with Crippen LogP contribution in [0.4, 0.5) is 5.69 Å². The summed E-state index contributed by atoms with van der Waals surface area (Å²) >= 11 is 16.0. The second-order valence-corrected chi connectivity index (χ2v) is 11.6. The molecular weight excluding hydrogens is 565 g/mol. The Hall–Kier alpha value is -1.81. The zero-order valence-electron chi connectivity index (χ0n) is 19.4. The summed E-state index contributed by atoms with van der Waals surface area (Å²) in [6.45, 7) is 4.82. The molecule has 186 valence electrons. The van der Waals surface area contributed by atoms with Crippen molar-refractivity contribution in [2.24, 2.45) is 0 Å². The minimum atomic E-state index is -3.80. The first-order valence-corrected chi connectivity index (χ1v) is 14.0. The second kappa shape index (κ2) is 12.2. The molecule has 0 heterocycles. The molecule has 0 aliphatic carbocycles. The fraction of sp³-hybridized carbons (Fsp3) is 0.391. The minimum absolute atomic E-state index is 0.0651. The second-order valence-electron chi connectivity index (χ2n) is 7.96. The molecule has 2 atom stereocenters. The van der Waals surface area contributed by atoms with Crippen molar-refractivity contribution in [2.75, 3.05) is 17.1 Å². The van der Waals surface area contributed by atoms with Crippen molar-refractivity contribution >= 4 is 66.7 Å². The molecule has 0 spiro atoms. The van der Waals surface area contributed by atoms with Gasteiger partial charge < -0.3 is 10.2 Å². The van der Waals surface area contributed by atoms with Crippen LogP contribution >= 0.6 is 39.1 Å². The third-order valence-corrected chi connectivity index (χ3v) is 7.73. The van der Waals surface area contributed by atoms with Crippen LogP contribution in [0.2, 0.25) is 10.0 Å².